The first-order valence-electron chi connectivity index (χ1n) is 4.15. The highest BCUT2D eigenvalue weighted by atomic mass is 32.1. The van der Waals surface area contributed by atoms with Crippen LogP contribution in [-0.2, 0) is 6.42 Å². The number of aryl methyl sites for hydroxylation is 1. The molecule has 2 N–H and O–H groups in total. The van der Waals surface area contributed by atoms with E-state index in [2.05, 4.69) is 13.0 Å². The second-order valence-electron chi connectivity index (χ2n) is 3.32. The van der Waals surface area contributed by atoms with Gasteiger partial charge in [0.1, 0.15) is 0 Å². The molecule has 0 saturated heterocycles. The summed E-state index contributed by atoms with van der Waals surface area (Å²) >= 11 is 1.77. The quantitative estimate of drug-likeness (QED) is 0.631. The molecule has 0 radical (unpaired) electrons. The summed E-state index contributed by atoms with van der Waals surface area (Å²) in [4.78, 5) is 1.53. The number of anilines is 1. The molecule has 0 amide bonds. The Hall–Kier alpha value is -0.500. The van der Waals surface area contributed by atoms with Crippen molar-refractivity contribution < 1.29 is 0 Å². The summed E-state index contributed by atoms with van der Waals surface area (Å²) in [5.41, 5.74) is 7.25. The van der Waals surface area contributed by atoms with Crippen molar-refractivity contribution in [2.75, 3.05) is 5.73 Å². The molecule has 60 valence electrons. The zero-order chi connectivity index (χ0) is 7.84. The molecular weight excluding hydrogens is 154 g/mol. The number of nitrogens with two attached hydrogens (primary N) is 1. The van der Waals surface area contributed by atoms with Gasteiger partial charge in [-0.15, -0.1) is 11.3 Å². The van der Waals surface area contributed by atoms with Gasteiger partial charge in [0.15, 0.2) is 0 Å². The molecular formula is C9H13NS. The Morgan fingerprint density at radius 1 is 1.64 bits per heavy atom. The zero-order valence-corrected chi connectivity index (χ0v) is 7.58. The van der Waals surface area contributed by atoms with Crippen molar-refractivity contribution in [1.29, 1.82) is 0 Å². The first-order valence-corrected chi connectivity index (χ1v) is 4.97. The van der Waals surface area contributed by atoms with Gasteiger partial charge in [0.25, 0.3) is 0 Å². The summed E-state index contributed by atoms with van der Waals surface area (Å²) in [6.07, 6.45) is 3.93. The lowest BCUT2D eigenvalue weighted by Crippen LogP contribution is -2.02. The standard InChI is InChI=1S/C9H13NS/c1-6-3-2-4-8-7(6)5-9(10)11-8/h5-6H,2-4,10H2,1H3. The van der Waals surface area contributed by atoms with Crippen LogP contribution in [0.25, 0.3) is 0 Å². The Kier molecular flexibility index (Phi) is 1.64. The van der Waals surface area contributed by atoms with E-state index in [1.165, 1.54) is 29.7 Å². The van der Waals surface area contributed by atoms with Gasteiger partial charge >= 0.3 is 0 Å². The average molecular weight is 167 g/mol. The first kappa shape index (κ1) is 7.17. The molecule has 1 aliphatic rings. The Morgan fingerprint density at radius 2 is 2.45 bits per heavy atom. The smallest absolute Gasteiger partial charge is 0.0862 e. The maximum atomic E-state index is 5.74. The van der Waals surface area contributed by atoms with E-state index < -0.39 is 0 Å². The summed E-state index contributed by atoms with van der Waals surface area (Å²) in [5.74, 6) is 0.743. The average Bonchev–Trinajstić information content (AvgIpc) is 2.31. The van der Waals surface area contributed by atoms with Gasteiger partial charge in [0, 0.05) is 4.88 Å². The summed E-state index contributed by atoms with van der Waals surface area (Å²) in [6, 6.07) is 2.16. The van der Waals surface area contributed by atoms with Crippen LogP contribution in [0.2, 0.25) is 0 Å². The van der Waals surface area contributed by atoms with Crippen LogP contribution >= 0.6 is 11.3 Å². The van der Waals surface area contributed by atoms with Crippen LogP contribution in [0, 0.1) is 0 Å². The number of rotatable bonds is 0. The SMILES string of the molecule is CC1CCCc2sc(N)cc21. The Balaban J connectivity index is 2.43. The van der Waals surface area contributed by atoms with Crippen LogP contribution in [0.15, 0.2) is 6.07 Å². The highest BCUT2D eigenvalue weighted by Crippen LogP contribution is 2.37. The molecule has 1 unspecified atom stereocenters. The minimum atomic E-state index is 0.743. The molecule has 11 heavy (non-hydrogen) atoms. The van der Waals surface area contributed by atoms with Crippen LogP contribution in [0.3, 0.4) is 0 Å². The van der Waals surface area contributed by atoms with Gasteiger partial charge in [-0.3, -0.25) is 0 Å². The lowest BCUT2D eigenvalue weighted by atomic mass is 9.89. The number of hydrogen-bond donors (Lipinski definition) is 1. The zero-order valence-electron chi connectivity index (χ0n) is 6.76. The summed E-state index contributed by atoms with van der Waals surface area (Å²) in [7, 11) is 0. The van der Waals surface area contributed by atoms with E-state index in [-0.39, 0.29) is 0 Å². The lowest BCUT2D eigenvalue weighted by molar-refractivity contribution is 0.598. The van der Waals surface area contributed by atoms with E-state index in [9.17, 15) is 0 Å². The largest absolute Gasteiger partial charge is 0.391 e. The van der Waals surface area contributed by atoms with Gasteiger partial charge in [-0.2, -0.15) is 0 Å². The molecule has 1 nitrogen and oxygen atoms in total. The molecule has 1 aromatic rings. The van der Waals surface area contributed by atoms with Gasteiger partial charge in [-0.05, 0) is 36.8 Å². The molecule has 0 saturated carbocycles. The third kappa shape index (κ3) is 1.16. The van der Waals surface area contributed by atoms with Crippen molar-refractivity contribution in [3.05, 3.63) is 16.5 Å². The van der Waals surface area contributed by atoms with E-state index in [0.29, 0.717) is 0 Å². The van der Waals surface area contributed by atoms with E-state index in [0.717, 1.165) is 10.9 Å². The van der Waals surface area contributed by atoms with Gasteiger partial charge in [0.05, 0.1) is 5.00 Å². The van der Waals surface area contributed by atoms with E-state index in [1.807, 2.05) is 0 Å². The number of hydrogen-bond acceptors (Lipinski definition) is 2. The molecule has 1 aromatic heterocycles. The highest BCUT2D eigenvalue weighted by Gasteiger charge is 2.18. The number of fused-ring (bicyclic) bond motifs is 1. The molecule has 0 aromatic carbocycles. The lowest BCUT2D eigenvalue weighted by Gasteiger charge is -2.17. The predicted molar refractivity (Wildman–Crippen MR) is 50.1 cm³/mol. The summed E-state index contributed by atoms with van der Waals surface area (Å²) < 4.78 is 0. The van der Waals surface area contributed by atoms with Crippen LogP contribution in [-0.4, -0.2) is 0 Å². The molecule has 2 rings (SSSR count). The van der Waals surface area contributed by atoms with Crippen LogP contribution < -0.4 is 5.73 Å². The van der Waals surface area contributed by atoms with E-state index >= 15 is 0 Å². The third-order valence-corrected chi connectivity index (χ3v) is 3.47. The van der Waals surface area contributed by atoms with E-state index in [1.54, 1.807) is 11.3 Å². The molecule has 0 spiro atoms. The molecule has 0 bridgehead atoms. The minimum absolute atomic E-state index is 0.743. The highest BCUT2D eigenvalue weighted by molar-refractivity contribution is 7.16. The monoisotopic (exact) mass is 167 g/mol. The predicted octanol–water partition coefficient (Wildman–Crippen LogP) is 2.77. The van der Waals surface area contributed by atoms with Crippen molar-refractivity contribution in [3.8, 4) is 0 Å². The van der Waals surface area contributed by atoms with Crippen molar-refractivity contribution in [3.63, 3.8) is 0 Å². The first-order chi connectivity index (χ1) is 5.27. The summed E-state index contributed by atoms with van der Waals surface area (Å²) in [5, 5.41) is 0.990. The molecule has 0 aliphatic heterocycles. The molecule has 0 fully saturated rings. The summed E-state index contributed by atoms with van der Waals surface area (Å²) in [6.45, 7) is 2.30. The topological polar surface area (TPSA) is 26.0 Å². The van der Waals surface area contributed by atoms with Gasteiger partial charge in [-0.25, -0.2) is 0 Å². The second kappa shape index (κ2) is 2.52. The maximum absolute atomic E-state index is 5.74. The third-order valence-electron chi connectivity index (χ3n) is 2.43. The molecule has 1 aliphatic carbocycles. The number of nitrogen functional groups attached to an aromatic ring is 1. The maximum Gasteiger partial charge on any atom is 0.0862 e. The van der Waals surface area contributed by atoms with Crippen molar-refractivity contribution >= 4 is 16.3 Å². The fourth-order valence-electron chi connectivity index (χ4n) is 1.80. The Morgan fingerprint density at radius 3 is 3.18 bits per heavy atom. The van der Waals surface area contributed by atoms with Crippen LogP contribution in [0.1, 0.15) is 36.1 Å². The van der Waals surface area contributed by atoms with Crippen molar-refractivity contribution in [2.45, 2.75) is 32.1 Å². The van der Waals surface area contributed by atoms with Crippen LogP contribution in [0.4, 0.5) is 5.00 Å². The second-order valence-corrected chi connectivity index (χ2v) is 4.49. The van der Waals surface area contributed by atoms with E-state index in [4.69, 9.17) is 5.73 Å². The Bertz CT molecular complexity index is 265. The number of thiophene rings is 1. The molecule has 1 atom stereocenters. The Labute approximate surface area is 71.2 Å². The van der Waals surface area contributed by atoms with Gasteiger partial charge in [0.2, 0.25) is 0 Å². The van der Waals surface area contributed by atoms with Crippen molar-refractivity contribution in [2.24, 2.45) is 0 Å². The normalized spacial score (nSPS) is 23.2. The molecule has 1 heterocycles. The fraction of sp³-hybridized carbons (Fsp3) is 0.556. The van der Waals surface area contributed by atoms with Crippen molar-refractivity contribution in [1.82, 2.24) is 0 Å². The van der Waals surface area contributed by atoms with Gasteiger partial charge in [-0.1, -0.05) is 6.92 Å². The van der Waals surface area contributed by atoms with Gasteiger partial charge < -0.3 is 5.73 Å². The molecule has 2 heteroatoms. The minimum Gasteiger partial charge on any atom is -0.391 e. The fourth-order valence-corrected chi connectivity index (χ4v) is 2.90. The van der Waals surface area contributed by atoms with Crippen LogP contribution in [0.5, 0.6) is 0 Å².